The Morgan fingerprint density at radius 3 is 2.58 bits per heavy atom. The van der Waals surface area contributed by atoms with Gasteiger partial charge >= 0.3 is 5.97 Å². The van der Waals surface area contributed by atoms with Gasteiger partial charge in [0.15, 0.2) is 5.71 Å². The Balaban J connectivity index is 2.37. The van der Waals surface area contributed by atoms with Gasteiger partial charge in [0.25, 0.3) is 0 Å². The summed E-state index contributed by atoms with van der Waals surface area (Å²) in [6, 6.07) is 11.5. The molecular formula is C15H15NO2S. The van der Waals surface area contributed by atoms with Crippen LogP contribution in [-0.4, -0.2) is 18.3 Å². The van der Waals surface area contributed by atoms with E-state index in [1.165, 1.54) is 11.3 Å². The highest BCUT2D eigenvalue weighted by atomic mass is 32.1. The van der Waals surface area contributed by atoms with E-state index >= 15 is 0 Å². The third-order valence-electron chi connectivity index (χ3n) is 2.50. The van der Waals surface area contributed by atoms with Crippen LogP contribution in [0.2, 0.25) is 0 Å². The number of carbonyl (C=O) groups excluding carboxylic acids is 1. The number of benzene rings is 1. The molecule has 0 aliphatic heterocycles. The molecule has 0 saturated carbocycles. The van der Waals surface area contributed by atoms with E-state index in [0.29, 0.717) is 12.3 Å². The van der Waals surface area contributed by atoms with Crippen LogP contribution >= 0.6 is 11.3 Å². The van der Waals surface area contributed by atoms with E-state index in [0.717, 1.165) is 16.1 Å². The van der Waals surface area contributed by atoms with Crippen LogP contribution in [0.3, 0.4) is 0 Å². The maximum Gasteiger partial charge on any atom is 0.358 e. The second-order valence-corrected chi connectivity index (χ2v) is 4.94. The molecule has 1 aromatic heterocycles. The molecule has 19 heavy (non-hydrogen) atoms. The van der Waals surface area contributed by atoms with Crippen molar-refractivity contribution in [2.75, 3.05) is 6.61 Å². The zero-order valence-corrected chi connectivity index (χ0v) is 11.7. The first-order valence-electron chi connectivity index (χ1n) is 6.07. The first-order valence-corrected chi connectivity index (χ1v) is 6.95. The highest BCUT2D eigenvalue weighted by Crippen LogP contribution is 2.18. The lowest BCUT2D eigenvalue weighted by Gasteiger charge is -2.04. The number of esters is 1. The minimum absolute atomic E-state index is 0.344. The zero-order valence-electron chi connectivity index (χ0n) is 10.9. The average molecular weight is 273 g/mol. The van der Waals surface area contributed by atoms with Gasteiger partial charge in [-0.2, -0.15) is 0 Å². The largest absolute Gasteiger partial charge is 0.461 e. The maximum absolute atomic E-state index is 12.0. The van der Waals surface area contributed by atoms with Gasteiger partial charge in [0, 0.05) is 0 Å². The van der Waals surface area contributed by atoms with Crippen molar-refractivity contribution in [3.63, 3.8) is 0 Å². The molecular weight excluding hydrogens is 258 g/mol. The number of aliphatic imine (C=N–C) groups is 1. The number of aryl methyl sites for hydroxylation is 1. The van der Waals surface area contributed by atoms with Crippen LogP contribution in [0, 0.1) is 6.92 Å². The second kappa shape index (κ2) is 6.29. The summed E-state index contributed by atoms with van der Waals surface area (Å²) in [6.07, 6.45) is 0. The first-order chi connectivity index (χ1) is 9.20. The Kier molecular flexibility index (Phi) is 4.47. The van der Waals surface area contributed by atoms with Gasteiger partial charge in [-0.25, -0.2) is 9.79 Å². The lowest BCUT2D eigenvalue weighted by Crippen LogP contribution is -2.17. The number of ether oxygens (including phenoxy) is 1. The topological polar surface area (TPSA) is 38.7 Å². The zero-order chi connectivity index (χ0) is 13.7. The van der Waals surface area contributed by atoms with Gasteiger partial charge in [0.05, 0.1) is 17.2 Å². The molecule has 98 valence electrons. The molecule has 0 N–H and O–H groups in total. The smallest absolute Gasteiger partial charge is 0.358 e. The third-order valence-corrected chi connectivity index (χ3v) is 3.37. The Hall–Kier alpha value is -1.94. The predicted octanol–water partition coefficient (Wildman–Crippen LogP) is 3.74. The summed E-state index contributed by atoms with van der Waals surface area (Å²) in [5.74, 6) is -0.384. The number of hydrogen-bond donors (Lipinski definition) is 0. The van der Waals surface area contributed by atoms with Crippen molar-refractivity contribution in [2.45, 2.75) is 13.8 Å². The van der Waals surface area contributed by atoms with E-state index in [1.54, 1.807) is 6.92 Å². The molecule has 4 heteroatoms. The van der Waals surface area contributed by atoms with Crippen LogP contribution in [-0.2, 0) is 9.53 Å². The van der Waals surface area contributed by atoms with Gasteiger partial charge in [-0.05, 0) is 37.4 Å². The van der Waals surface area contributed by atoms with Crippen LogP contribution in [0.5, 0.6) is 0 Å². The number of carbonyl (C=O) groups is 1. The van der Waals surface area contributed by atoms with Crippen molar-refractivity contribution in [1.82, 2.24) is 0 Å². The first kappa shape index (κ1) is 13.5. The highest BCUT2D eigenvalue weighted by molar-refractivity contribution is 7.13. The van der Waals surface area contributed by atoms with Crippen molar-refractivity contribution in [3.8, 4) is 0 Å². The second-order valence-electron chi connectivity index (χ2n) is 3.99. The van der Waals surface area contributed by atoms with Crippen LogP contribution in [0.15, 0.2) is 46.8 Å². The van der Waals surface area contributed by atoms with Crippen molar-refractivity contribution < 1.29 is 9.53 Å². The fraction of sp³-hybridized carbons (Fsp3) is 0.200. The molecule has 0 amide bonds. The van der Waals surface area contributed by atoms with Gasteiger partial charge in [0.2, 0.25) is 0 Å². The van der Waals surface area contributed by atoms with Gasteiger partial charge in [-0.1, -0.05) is 23.8 Å². The van der Waals surface area contributed by atoms with Crippen molar-refractivity contribution in [3.05, 3.63) is 52.2 Å². The molecule has 0 bridgehead atoms. The van der Waals surface area contributed by atoms with Crippen LogP contribution in [0.25, 0.3) is 0 Å². The molecule has 0 fully saturated rings. The van der Waals surface area contributed by atoms with Crippen molar-refractivity contribution in [1.29, 1.82) is 0 Å². The number of nitrogens with zero attached hydrogens (tertiary/aromatic N) is 1. The monoisotopic (exact) mass is 273 g/mol. The van der Waals surface area contributed by atoms with E-state index in [4.69, 9.17) is 4.74 Å². The van der Waals surface area contributed by atoms with E-state index in [-0.39, 0.29) is 5.97 Å². The molecule has 2 rings (SSSR count). The Morgan fingerprint density at radius 1 is 1.26 bits per heavy atom. The molecule has 1 aromatic carbocycles. The summed E-state index contributed by atoms with van der Waals surface area (Å²) in [5.41, 5.74) is 2.27. The minimum atomic E-state index is -0.384. The number of rotatable bonds is 4. The predicted molar refractivity (Wildman–Crippen MR) is 78.3 cm³/mol. The average Bonchev–Trinajstić information content (AvgIpc) is 2.92. The maximum atomic E-state index is 12.0. The summed E-state index contributed by atoms with van der Waals surface area (Å²) in [4.78, 5) is 17.2. The SMILES string of the molecule is CCOC(=O)C(=Nc1ccc(C)cc1)c1cccs1. The fourth-order valence-corrected chi connectivity index (χ4v) is 2.26. The van der Waals surface area contributed by atoms with Gasteiger partial charge < -0.3 is 4.74 Å². The van der Waals surface area contributed by atoms with Crippen molar-refractivity contribution in [2.24, 2.45) is 4.99 Å². The summed E-state index contributed by atoms with van der Waals surface area (Å²) in [5, 5.41) is 1.92. The molecule has 2 aromatic rings. The van der Waals surface area contributed by atoms with E-state index < -0.39 is 0 Å². The Bertz CT molecular complexity index is 571. The molecule has 0 radical (unpaired) electrons. The van der Waals surface area contributed by atoms with E-state index in [2.05, 4.69) is 4.99 Å². The molecule has 3 nitrogen and oxygen atoms in total. The quantitative estimate of drug-likeness (QED) is 0.628. The Labute approximate surface area is 116 Å². The van der Waals surface area contributed by atoms with Crippen LogP contribution in [0.1, 0.15) is 17.4 Å². The fourth-order valence-electron chi connectivity index (χ4n) is 1.56. The van der Waals surface area contributed by atoms with Gasteiger partial charge in [-0.3, -0.25) is 0 Å². The molecule has 0 spiro atoms. The summed E-state index contributed by atoms with van der Waals surface area (Å²) in [7, 11) is 0. The standard InChI is InChI=1S/C15H15NO2S/c1-3-18-15(17)14(13-5-4-10-19-13)16-12-8-6-11(2)7-9-12/h4-10H,3H2,1-2H3. The lowest BCUT2D eigenvalue weighted by molar-refractivity contribution is -0.134. The van der Waals surface area contributed by atoms with E-state index in [1.807, 2.05) is 48.7 Å². The van der Waals surface area contributed by atoms with Crippen LogP contribution < -0.4 is 0 Å². The van der Waals surface area contributed by atoms with Gasteiger partial charge in [0.1, 0.15) is 0 Å². The van der Waals surface area contributed by atoms with Crippen LogP contribution in [0.4, 0.5) is 5.69 Å². The molecule has 1 heterocycles. The van der Waals surface area contributed by atoms with Gasteiger partial charge in [-0.15, -0.1) is 11.3 Å². The summed E-state index contributed by atoms with van der Waals surface area (Å²) in [6.45, 7) is 4.14. The molecule has 0 unspecified atom stereocenters. The minimum Gasteiger partial charge on any atom is -0.461 e. The summed E-state index contributed by atoms with van der Waals surface area (Å²) < 4.78 is 5.06. The van der Waals surface area contributed by atoms with Crippen molar-refractivity contribution >= 4 is 28.7 Å². The highest BCUT2D eigenvalue weighted by Gasteiger charge is 2.16. The molecule has 0 atom stereocenters. The molecule has 0 aliphatic rings. The normalized spacial score (nSPS) is 11.4. The molecule has 0 aliphatic carbocycles. The lowest BCUT2D eigenvalue weighted by atomic mass is 10.2. The number of thiophene rings is 1. The Morgan fingerprint density at radius 2 is 2.00 bits per heavy atom. The summed E-state index contributed by atoms with van der Waals surface area (Å²) >= 11 is 1.48. The van der Waals surface area contributed by atoms with E-state index in [9.17, 15) is 4.79 Å². The number of hydrogen-bond acceptors (Lipinski definition) is 4. The third kappa shape index (κ3) is 3.51. The molecule has 0 saturated heterocycles.